The van der Waals surface area contributed by atoms with E-state index in [1.54, 1.807) is 18.2 Å². The molecule has 1 fully saturated rings. The normalized spacial score (nSPS) is 19.2. The molecule has 188 valence electrons. The summed E-state index contributed by atoms with van der Waals surface area (Å²) in [6, 6.07) is 17.9. The second-order valence-corrected chi connectivity index (χ2v) is 11.1. The maximum atomic E-state index is 12.7. The lowest BCUT2D eigenvalue weighted by atomic mass is 9.99. The number of sulfonamides is 1. The third kappa shape index (κ3) is 4.61. The van der Waals surface area contributed by atoms with Crippen molar-refractivity contribution >= 4 is 32.6 Å². The quantitative estimate of drug-likeness (QED) is 0.446. The number of amides is 2. The maximum Gasteiger partial charge on any atom is 0.269 e. The molecule has 0 bridgehead atoms. The molecule has 3 aromatic rings. The zero-order valence-electron chi connectivity index (χ0n) is 19.9. The fourth-order valence-corrected chi connectivity index (χ4v) is 6.72. The van der Waals surface area contributed by atoms with Gasteiger partial charge in [0, 0.05) is 19.6 Å². The highest BCUT2D eigenvalue weighted by Crippen LogP contribution is 2.30. The van der Waals surface area contributed by atoms with Crippen molar-refractivity contribution in [2.24, 2.45) is 5.73 Å². The monoisotopic (exact) mass is 507 g/mol. The standard InChI is InChI=1S/C27H29N3O5S/c28-26(31)25-20(12-11-19-7-1-2-8-22(19)25)18-35-21-13-16-29(17-21)14-5-6-15-30-27(32)23-9-3-4-10-24(23)36(30,33)34/h1-4,7-12,21H,5-6,13-18H2,(H2,28,31). The second kappa shape index (κ2) is 10.0. The van der Waals surface area contributed by atoms with Crippen LogP contribution in [0.25, 0.3) is 10.8 Å². The van der Waals surface area contributed by atoms with Crippen LogP contribution in [0.5, 0.6) is 0 Å². The molecular formula is C27H29N3O5S. The zero-order valence-corrected chi connectivity index (χ0v) is 20.7. The van der Waals surface area contributed by atoms with Gasteiger partial charge in [0.1, 0.15) is 4.90 Å². The molecule has 9 heteroatoms. The lowest BCUT2D eigenvalue weighted by Crippen LogP contribution is -2.31. The molecule has 1 atom stereocenters. The van der Waals surface area contributed by atoms with Gasteiger partial charge in [-0.3, -0.25) is 9.59 Å². The third-order valence-corrected chi connectivity index (χ3v) is 8.80. The Balaban J connectivity index is 1.10. The molecular weight excluding hydrogens is 478 g/mol. The van der Waals surface area contributed by atoms with E-state index in [1.807, 2.05) is 36.4 Å². The molecule has 2 aliphatic heterocycles. The third-order valence-electron chi connectivity index (χ3n) is 6.96. The largest absolute Gasteiger partial charge is 0.372 e. The van der Waals surface area contributed by atoms with Crippen LogP contribution in [-0.4, -0.2) is 61.7 Å². The topological polar surface area (TPSA) is 110 Å². The molecule has 0 aromatic heterocycles. The van der Waals surface area contributed by atoms with Crippen LogP contribution in [0.4, 0.5) is 0 Å². The Morgan fingerprint density at radius 2 is 1.75 bits per heavy atom. The number of fused-ring (bicyclic) bond motifs is 2. The highest BCUT2D eigenvalue weighted by molar-refractivity contribution is 7.90. The van der Waals surface area contributed by atoms with E-state index in [-0.39, 0.29) is 23.1 Å². The lowest BCUT2D eigenvalue weighted by Gasteiger charge is -2.18. The van der Waals surface area contributed by atoms with Crippen LogP contribution in [0.1, 0.15) is 45.5 Å². The van der Waals surface area contributed by atoms with Crippen molar-refractivity contribution < 1.29 is 22.7 Å². The Morgan fingerprint density at radius 1 is 1.00 bits per heavy atom. The van der Waals surface area contributed by atoms with Gasteiger partial charge in [-0.2, -0.15) is 0 Å². The number of nitrogens with zero attached hydrogens (tertiary/aromatic N) is 2. The van der Waals surface area contributed by atoms with Crippen LogP contribution < -0.4 is 5.73 Å². The maximum absolute atomic E-state index is 12.7. The molecule has 3 aromatic carbocycles. The van der Waals surface area contributed by atoms with Crippen molar-refractivity contribution in [1.29, 1.82) is 0 Å². The molecule has 2 heterocycles. The fourth-order valence-electron chi connectivity index (χ4n) is 5.11. The summed E-state index contributed by atoms with van der Waals surface area (Å²) in [5.74, 6) is -0.899. The first kappa shape index (κ1) is 24.4. The van der Waals surface area contributed by atoms with Crippen LogP contribution in [0, 0.1) is 0 Å². The number of primary amides is 1. The van der Waals surface area contributed by atoms with E-state index in [9.17, 15) is 18.0 Å². The summed E-state index contributed by atoms with van der Waals surface area (Å²) < 4.78 is 32.5. The Morgan fingerprint density at radius 3 is 2.56 bits per heavy atom. The van der Waals surface area contributed by atoms with Gasteiger partial charge in [-0.05, 0) is 54.3 Å². The minimum Gasteiger partial charge on any atom is -0.372 e. The number of ether oxygens (including phenoxy) is 1. The van der Waals surface area contributed by atoms with E-state index in [1.165, 1.54) is 6.07 Å². The lowest BCUT2D eigenvalue weighted by molar-refractivity contribution is 0.0461. The van der Waals surface area contributed by atoms with Gasteiger partial charge < -0.3 is 15.4 Å². The van der Waals surface area contributed by atoms with Gasteiger partial charge in [-0.15, -0.1) is 0 Å². The summed E-state index contributed by atoms with van der Waals surface area (Å²) in [6.45, 7) is 2.96. The van der Waals surface area contributed by atoms with Crippen molar-refractivity contribution in [1.82, 2.24) is 9.21 Å². The average molecular weight is 508 g/mol. The Kier molecular flexibility index (Phi) is 6.79. The van der Waals surface area contributed by atoms with Crippen molar-refractivity contribution in [2.75, 3.05) is 26.2 Å². The van der Waals surface area contributed by atoms with E-state index in [0.717, 1.165) is 53.1 Å². The second-order valence-electron chi connectivity index (χ2n) is 9.29. The molecule has 5 rings (SSSR count). The summed E-state index contributed by atoms with van der Waals surface area (Å²) in [4.78, 5) is 27.1. The predicted molar refractivity (Wildman–Crippen MR) is 136 cm³/mol. The number of benzene rings is 3. The van der Waals surface area contributed by atoms with Gasteiger partial charge in [0.15, 0.2) is 0 Å². The van der Waals surface area contributed by atoms with Crippen LogP contribution >= 0.6 is 0 Å². The number of carbonyl (C=O) groups is 2. The number of likely N-dealkylation sites (tertiary alicyclic amines) is 1. The molecule has 8 nitrogen and oxygen atoms in total. The van der Waals surface area contributed by atoms with Crippen molar-refractivity contribution in [3.8, 4) is 0 Å². The fraction of sp³-hybridized carbons (Fsp3) is 0.333. The molecule has 0 saturated carbocycles. The summed E-state index contributed by atoms with van der Waals surface area (Å²) in [6.07, 6.45) is 2.31. The number of rotatable bonds is 9. The van der Waals surface area contributed by atoms with Gasteiger partial charge in [-0.1, -0.05) is 48.5 Å². The first-order valence-electron chi connectivity index (χ1n) is 12.2. The molecule has 0 spiro atoms. The Hall–Kier alpha value is -3.27. The molecule has 1 saturated heterocycles. The van der Waals surface area contributed by atoms with Crippen molar-refractivity contribution in [2.45, 2.75) is 36.9 Å². The molecule has 2 amide bonds. The number of unbranched alkanes of at least 4 members (excludes halogenated alkanes) is 1. The molecule has 2 N–H and O–H groups in total. The summed E-state index contributed by atoms with van der Waals surface area (Å²) in [5.41, 5.74) is 7.24. The van der Waals surface area contributed by atoms with Crippen LogP contribution in [-0.2, 0) is 21.4 Å². The first-order valence-corrected chi connectivity index (χ1v) is 13.6. The zero-order chi connectivity index (χ0) is 25.3. The van der Waals surface area contributed by atoms with E-state index in [0.29, 0.717) is 18.6 Å². The predicted octanol–water partition coefficient (Wildman–Crippen LogP) is 3.15. The smallest absolute Gasteiger partial charge is 0.269 e. The van der Waals surface area contributed by atoms with Gasteiger partial charge in [0.05, 0.1) is 23.8 Å². The van der Waals surface area contributed by atoms with Crippen LogP contribution in [0.15, 0.2) is 65.6 Å². The van der Waals surface area contributed by atoms with E-state index in [4.69, 9.17) is 10.5 Å². The average Bonchev–Trinajstić information content (AvgIpc) is 3.40. The number of carbonyl (C=O) groups excluding carboxylic acids is 2. The van der Waals surface area contributed by atoms with Crippen LogP contribution in [0.2, 0.25) is 0 Å². The van der Waals surface area contributed by atoms with Gasteiger partial charge >= 0.3 is 0 Å². The molecule has 36 heavy (non-hydrogen) atoms. The minimum absolute atomic E-state index is 0.0484. The van der Waals surface area contributed by atoms with E-state index >= 15 is 0 Å². The highest BCUT2D eigenvalue weighted by Gasteiger charge is 2.40. The highest BCUT2D eigenvalue weighted by atomic mass is 32.2. The number of nitrogens with two attached hydrogens (primary N) is 1. The Bertz CT molecular complexity index is 1420. The first-order chi connectivity index (χ1) is 17.4. The van der Waals surface area contributed by atoms with Gasteiger partial charge in [0.25, 0.3) is 15.9 Å². The van der Waals surface area contributed by atoms with Gasteiger partial charge in [0.2, 0.25) is 5.91 Å². The Labute approximate surface area is 210 Å². The molecule has 0 aliphatic carbocycles. The number of hydrogen-bond donors (Lipinski definition) is 1. The van der Waals surface area contributed by atoms with Crippen LogP contribution in [0.3, 0.4) is 0 Å². The van der Waals surface area contributed by atoms with Gasteiger partial charge in [-0.25, -0.2) is 12.7 Å². The molecule has 0 radical (unpaired) electrons. The van der Waals surface area contributed by atoms with E-state index < -0.39 is 21.8 Å². The molecule has 1 unspecified atom stereocenters. The molecule has 2 aliphatic rings. The minimum atomic E-state index is -3.74. The van der Waals surface area contributed by atoms with E-state index in [2.05, 4.69) is 4.90 Å². The van der Waals surface area contributed by atoms with Crippen molar-refractivity contribution in [3.63, 3.8) is 0 Å². The summed E-state index contributed by atoms with van der Waals surface area (Å²) >= 11 is 0. The summed E-state index contributed by atoms with van der Waals surface area (Å²) in [5, 5.41) is 1.80. The number of hydrogen-bond acceptors (Lipinski definition) is 6. The summed E-state index contributed by atoms with van der Waals surface area (Å²) in [7, 11) is -3.74. The van der Waals surface area contributed by atoms with Crippen molar-refractivity contribution in [3.05, 3.63) is 77.4 Å². The SMILES string of the molecule is NC(=O)c1c(COC2CCN(CCCCN3C(=O)c4ccccc4S3(=O)=O)C2)ccc2ccccc12.